The molecule has 0 unspecified atom stereocenters. The quantitative estimate of drug-likeness (QED) is 0.371. The summed E-state index contributed by atoms with van der Waals surface area (Å²) in [6.07, 6.45) is 3.28. The van der Waals surface area contributed by atoms with Gasteiger partial charge in [-0.15, -0.1) is 5.76 Å². The Bertz CT molecular complexity index is 60.6. The Hall–Kier alpha value is -0.590. The normalized spacial score (nSPS) is 11.9. The fourth-order valence-corrected chi connectivity index (χ4v) is 0.305. The van der Waals surface area contributed by atoms with E-state index in [2.05, 4.69) is 6.92 Å². The topological polar surface area (TPSA) is 23.1 Å². The summed E-state index contributed by atoms with van der Waals surface area (Å²) < 4.78 is 0. The van der Waals surface area contributed by atoms with E-state index >= 15 is 0 Å². The summed E-state index contributed by atoms with van der Waals surface area (Å²) in [6, 6.07) is 0. The number of unbranched alkanes of at least 4 members (excludes halogenated alkanes) is 1. The van der Waals surface area contributed by atoms with Gasteiger partial charge in [-0.2, -0.15) is 0 Å². The Labute approximate surface area is 44.7 Å². The van der Waals surface area contributed by atoms with Crippen LogP contribution in [-0.2, 0) is 0 Å². The number of allylic oxidation sites excluding steroid dienone is 2. The number of rotatable bonds is 2. The van der Waals surface area contributed by atoms with Crippen molar-refractivity contribution in [1.82, 2.24) is 0 Å². The molecule has 0 amide bonds. The maximum atomic E-state index is 10.1. The second kappa shape index (κ2) is 3.59. The fraction of sp³-hybridized carbons (Fsp3) is 0.500. The maximum Gasteiger partial charge on any atom is 0.0884 e. The molecule has 0 bridgehead atoms. The van der Waals surface area contributed by atoms with Crippen LogP contribution in [0.25, 0.3) is 0 Å². The lowest BCUT2D eigenvalue weighted by atomic mass is 10.3. The Kier molecular flexibility index (Phi) is 3.29. The van der Waals surface area contributed by atoms with Crippen molar-refractivity contribution in [3.8, 4) is 0 Å². The van der Waals surface area contributed by atoms with Crippen molar-refractivity contribution < 1.29 is 5.11 Å². The van der Waals surface area contributed by atoms with E-state index in [1.807, 2.05) is 0 Å². The Balaban J connectivity index is 3.08. The smallest absolute Gasteiger partial charge is 0.0884 e. The van der Waals surface area contributed by atoms with Gasteiger partial charge in [0.25, 0.3) is 0 Å². The van der Waals surface area contributed by atoms with Crippen LogP contribution in [0.4, 0.5) is 0 Å². The highest BCUT2D eigenvalue weighted by molar-refractivity contribution is 4.83. The van der Waals surface area contributed by atoms with Gasteiger partial charge in [0, 0.05) is 6.42 Å². The summed E-state index contributed by atoms with van der Waals surface area (Å²) in [5, 5.41) is 10.1. The predicted molar refractivity (Wildman–Crippen MR) is 28.3 cm³/mol. The van der Waals surface area contributed by atoms with Gasteiger partial charge in [0.15, 0.2) is 0 Å². The molecular formula is C6H10O. The molecule has 0 rings (SSSR count). The second-order valence-corrected chi connectivity index (χ2v) is 1.46. The molecule has 0 radical (unpaired) electrons. The maximum absolute atomic E-state index is 10.1. The molecular weight excluding hydrogens is 88.1 g/mol. The summed E-state index contributed by atoms with van der Waals surface area (Å²) in [5.41, 5.74) is 0. The van der Waals surface area contributed by atoms with Gasteiger partial charge in [-0.3, -0.25) is 0 Å². The Morgan fingerprint density at radius 2 is 2.43 bits per heavy atom. The Morgan fingerprint density at radius 1 is 1.86 bits per heavy atom. The van der Waals surface area contributed by atoms with Gasteiger partial charge < -0.3 is 5.11 Å². The van der Waals surface area contributed by atoms with E-state index in [0.717, 1.165) is 12.8 Å². The lowest BCUT2D eigenvalue weighted by molar-refractivity contribution is -0.302. The molecule has 0 N–H and O–H groups in total. The molecule has 0 fully saturated rings. The zero-order chi connectivity index (χ0) is 5.70. The molecule has 0 aliphatic carbocycles. The fourth-order valence-electron chi connectivity index (χ4n) is 0.305. The molecule has 0 saturated heterocycles. The van der Waals surface area contributed by atoms with E-state index < -0.39 is 0 Å². The monoisotopic (exact) mass is 98.1 g/mol. The third kappa shape index (κ3) is 5.41. The third-order valence-corrected chi connectivity index (χ3v) is 0.636. The lowest BCUT2D eigenvalue weighted by Gasteiger charge is -1.99. The first-order valence-electron chi connectivity index (χ1n) is 2.40. The van der Waals surface area contributed by atoms with Gasteiger partial charge in [-0.25, -0.2) is 0 Å². The minimum Gasteiger partial charge on any atom is -0.876 e. The van der Waals surface area contributed by atoms with Crippen LogP contribution in [0.5, 0.6) is 0 Å². The van der Waals surface area contributed by atoms with Crippen molar-refractivity contribution >= 4 is 0 Å². The van der Waals surface area contributed by atoms with Crippen LogP contribution in [0, 0.1) is 6.92 Å². The van der Waals surface area contributed by atoms with Crippen molar-refractivity contribution in [3.63, 3.8) is 0 Å². The van der Waals surface area contributed by atoms with Gasteiger partial charge in [0.1, 0.15) is 0 Å². The van der Waals surface area contributed by atoms with Crippen LogP contribution in [0.3, 0.4) is 0 Å². The van der Waals surface area contributed by atoms with Gasteiger partial charge >= 0.3 is 0 Å². The number of hydrogen-bond donors (Lipinski definition) is 0. The average molecular weight is 98.1 g/mol. The molecule has 7 heavy (non-hydrogen) atoms. The van der Waals surface area contributed by atoms with Crippen LogP contribution < -0.4 is 5.11 Å². The first-order chi connectivity index (χ1) is 3.27. The molecule has 40 valence electrons. The van der Waals surface area contributed by atoms with Crippen molar-refractivity contribution in [1.29, 1.82) is 0 Å². The van der Waals surface area contributed by atoms with E-state index in [4.69, 9.17) is 0 Å². The zero-order valence-electron chi connectivity index (χ0n) is 4.61. The van der Waals surface area contributed by atoms with Gasteiger partial charge in [0.2, 0.25) is 0 Å². The highest BCUT2D eigenvalue weighted by Crippen LogP contribution is 1.89. The van der Waals surface area contributed by atoms with E-state index in [1.165, 1.54) is 0 Å². The molecule has 0 atom stereocenters. The van der Waals surface area contributed by atoms with Crippen LogP contribution in [0.2, 0.25) is 0 Å². The summed E-state index contributed by atoms with van der Waals surface area (Å²) in [4.78, 5) is 0. The zero-order valence-corrected chi connectivity index (χ0v) is 4.61. The first kappa shape index (κ1) is 6.41. The predicted octanol–water partition coefficient (Wildman–Crippen LogP) is 0.865. The second-order valence-electron chi connectivity index (χ2n) is 1.46. The minimum absolute atomic E-state index is 0.142. The Morgan fingerprint density at radius 3 is 2.57 bits per heavy atom. The molecule has 1 nitrogen and oxygen atoms in total. The molecule has 0 heterocycles. The van der Waals surface area contributed by atoms with Crippen molar-refractivity contribution in [2.45, 2.75) is 19.8 Å². The molecule has 0 saturated carbocycles. The van der Waals surface area contributed by atoms with Crippen molar-refractivity contribution in [3.05, 3.63) is 18.8 Å². The number of hydrogen-bond acceptors (Lipinski definition) is 1. The molecule has 0 aromatic heterocycles. The molecule has 0 aliphatic rings. The van der Waals surface area contributed by atoms with Gasteiger partial charge in [0.05, 0.1) is 13.3 Å². The van der Waals surface area contributed by atoms with Crippen LogP contribution in [0.15, 0.2) is 11.8 Å². The largest absolute Gasteiger partial charge is 0.876 e. The summed E-state index contributed by atoms with van der Waals surface area (Å²) >= 11 is 0. The molecule has 1 heteroatoms. The molecule has 0 spiro atoms. The lowest BCUT2D eigenvalue weighted by Crippen LogP contribution is -1.96. The van der Waals surface area contributed by atoms with Crippen molar-refractivity contribution in [2.75, 3.05) is 0 Å². The van der Waals surface area contributed by atoms with Crippen LogP contribution >= 0.6 is 0 Å². The van der Waals surface area contributed by atoms with Crippen LogP contribution in [-0.4, -0.2) is 0 Å². The van der Waals surface area contributed by atoms with Gasteiger partial charge in [-0.05, 0) is 0 Å². The molecule has 0 aromatic rings. The highest BCUT2D eigenvalue weighted by Gasteiger charge is 1.74. The standard InChI is InChI=1S/C6H10O/c1-3-4-5-6(2)7/h5H,1,3-4H2,2H3. The summed E-state index contributed by atoms with van der Waals surface area (Å²) in [5.74, 6) is 0.142. The van der Waals surface area contributed by atoms with E-state index in [0.29, 0.717) is 0 Å². The first-order valence-corrected chi connectivity index (χ1v) is 2.40. The summed E-state index contributed by atoms with van der Waals surface area (Å²) in [6.45, 7) is 5.13. The molecule has 0 aromatic carbocycles. The van der Waals surface area contributed by atoms with E-state index in [9.17, 15) is 5.11 Å². The summed E-state index contributed by atoms with van der Waals surface area (Å²) in [7, 11) is 0. The van der Waals surface area contributed by atoms with Crippen LogP contribution in [0.1, 0.15) is 19.8 Å². The van der Waals surface area contributed by atoms with E-state index in [-0.39, 0.29) is 5.76 Å². The third-order valence-electron chi connectivity index (χ3n) is 0.636. The SMILES string of the molecule is [CH2+]CCC=C(C)[O-]. The van der Waals surface area contributed by atoms with E-state index in [1.54, 1.807) is 13.0 Å². The van der Waals surface area contributed by atoms with Gasteiger partial charge in [-0.1, -0.05) is 13.0 Å². The molecule has 0 aliphatic heterocycles. The van der Waals surface area contributed by atoms with Crippen molar-refractivity contribution in [2.24, 2.45) is 0 Å². The minimum atomic E-state index is 0.142. The average Bonchev–Trinajstić information content (AvgIpc) is 1.61. The highest BCUT2D eigenvalue weighted by atomic mass is 16.3.